The van der Waals surface area contributed by atoms with Gasteiger partial charge in [-0.1, -0.05) is 30.3 Å². The fourth-order valence-electron chi connectivity index (χ4n) is 3.37. The van der Waals surface area contributed by atoms with Crippen LogP contribution in [0.5, 0.6) is 0 Å². The summed E-state index contributed by atoms with van der Waals surface area (Å²) >= 11 is 1.56. The monoisotopic (exact) mass is 391 g/mol. The lowest BCUT2D eigenvalue weighted by Crippen LogP contribution is -2.47. The van der Waals surface area contributed by atoms with Crippen molar-refractivity contribution in [1.29, 1.82) is 0 Å². The van der Waals surface area contributed by atoms with Gasteiger partial charge in [-0.3, -0.25) is 14.4 Å². The second kappa shape index (κ2) is 7.99. The van der Waals surface area contributed by atoms with E-state index < -0.39 is 29.4 Å². The largest absolute Gasteiger partial charge is 0.454 e. The summed E-state index contributed by atoms with van der Waals surface area (Å²) in [4.78, 5) is 48.9. The maximum atomic E-state index is 12.5. The molecule has 1 aromatic carbocycles. The van der Waals surface area contributed by atoms with E-state index in [1.165, 1.54) is 7.05 Å². The smallest absolute Gasteiger partial charge is 0.330 e. The topological polar surface area (TPSA) is 105 Å². The van der Waals surface area contributed by atoms with Gasteiger partial charge in [-0.15, -0.1) is 11.8 Å². The molecule has 2 heterocycles. The standard InChI is InChI=1S/C18H21N3O5S/c1-19-14(22)9-20-15(23)10-26-17(25)13-11-27-18(8-7-16(24)21(13)18)12-5-3-2-4-6-12/h2-6,13H,7-11H2,1H3,(H,19,22)(H,20,23)/t13-,18-/m1/s1. The molecule has 0 spiro atoms. The lowest BCUT2D eigenvalue weighted by atomic mass is 10.0. The van der Waals surface area contributed by atoms with Crippen molar-refractivity contribution in [3.8, 4) is 0 Å². The number of thioether (sulfide) groups is 1. The molecule has 0 bridgehead atoms. The average molecular weight is 391 g/mol. The number of rotatable bonds is 6. The third kappa shape index (κ3) is 3.78. The van der Waals surface area contributed by atoms with Crippen LogP contribution in [-0.2, 0) is 28.8 Å². The number of carbonyl (C=O) groups excluding carboxylic acids is 4. The maximum Gasteiger partial charge on any atom is 0.330 e. The van der Waals surface area contributed by atoms with E-state index in [0.717, 1.165) is 5.56 Å². The maximum absolute atomic E-state index is 12.5. The molecule has 3 amide bonds. The molecule has 2 N–H and O–H groups in total. The number of benzene rings is 1. The van der Waals surface area contributed by atoms with E-state index in [0.29, 0.717) is 18.6 Å². The zero-order valence-corrected chi connectivity index (χ0v) is 15.7. The van der Waals surface area contributed by atoms with Crippen LogP contribution < -0.4 is 10.6 Å². The lowest BCUT2D eigenvalue weighted by Gasteiger charge is -2.33. The molecule has 0 aromatic heterocycles. The first-order chi connectivity index (χ1) is 13.0. The van der Waals surface area contributed by atoms with Gasteiger partial charge in [0.05, 0.1) is 6.54 Å². The summed E-state index contributed by atoms with van der Waals surface area (Å²) in [7, 11) is 1.46. The molecule has 9 heteroatoms. The average Bonchev–Trinajstić information content (AvgIpc) is 3.24. The van der Waals surface area contributed by atoms with E-state index in [9.17, 15) is 19.2 Å². The number of nitrogens with zero attached hydrogens (tertiary/aromatic N) is 1. The molecule has 2 aliphatic heterocycles. The molecule has 3 rings (SSSR count). The van der Waals surface area contributed by atoms with Gasteiger partial charge >= 0.3 is 5.97 Å². The molecule has 0 aliphatic carbocycles. The summed E-state index contributed by atoms with van der Waals surface area (Å²) in [5, 5.41) is 4.73. The van der Waals surface area contributed by atoms with Crippen LogP contribution in [0, 0.1) is 0 Å². The van der Waals surface area contributed by atoms with Crippen molar-refractivity contribution < 1.29 is 23.9 Å². The van der Waals surface area contributed by atoms with Crippen molar-refractivity contribution >= 4 is 35.5 Å². The van der Waals surface area contributed by atoms with Crippen LogP contribution in [0.3, 0.4) is 0 Å². The number of hydrogen-bond acceptors (Lipinski definition) is 6. The van der Waals surface area contributed by atoms with Crippen molar-refractivity contribution in [2.24, 2.45) is 0 Å². The number of hydrogen-bond donors (Lipinski definition) is 2. The first-order valence-electron chi connectivity index (χ1n) is 8.63. The number of fused-ring (bicyclic) bond motifs is 1. The Morgan fingerprint density at radius 1 is 1.26 bits per heavy atom. The molecule has 2 atom stereocenters. The predicted octanol–water partition coefficient (Wildman–Crippen LogP) is -0.0174. The normalized spacial score (nSPS) is 23.7. The van der Waals surface area contributed by atoms with E-state index in [-0.39, 0.29) is 18.4 Å². The summed E-state index contributed by atoms with van der Waals surface area (Å²) in [5.41, 5.74) is 0.986. The Bertz CT molecular complexity index is 757. The van der Waals surface area contributed by atoms with E-state index in [1.807, 2.05) is 30.3 Å². The van der Waals surface area contributed by atoms with Crippen molar-refractivity contribution in [3.63, 3.8) is 0 Å². The molecule has 1 aromatic rings. The van der Waals surface area contributed by atoms with E-state index >= 15 is 0 Å². The molecule has 2 fully saturated rings. The van der Waals surface area contributed by atoms with Crippen LogP contribution in [0.1, 0.15) is 18.4 Å². The number of esters is 1. The summed E-state index contributed by atoms with van der Waals surface area (Å²) in [6.07, 6.45) is 1.01. The SMILES string of the molecule is CNC(=O)CNC(=O)COC(=O)[C@H]1CS[C@@]2(c3ccccc3)CCC(=O)N12. The summed E-state index contributed by atoms with van der Waals surface area (Å²) in [6, 6.07) is 8.92. The molecule has 8 nitrogen and oxygen atoms in total. The Balaban J connectivity index is 1.64. The molecule has 27 heavy (non-hydrogen) atoms. The molecular weight excluding hydrogens is 370 g/mol. The van der Waals surface area contributed by atoms with Gasteiger partial charge in [0.2, 0.25) is 11.8 Å². The van der Waals surface area contributed by atoms with Gasteiger partial charge in [0.15, 0.2) is 6.61 Å². The zero-order chi connectivity index (χ0) is 19.4. The molecule has 2 saturated heterocycles. The van der Waals surface area contributed by atoms with Crippen LogP contribution in [0.4, 0.5) is 0 Å². The van der Waals surface area contributed by atoms with Gasteiger partial charge in [-0.2, -0.15) is 0 Å². The summed E-state index contributed by atoms with van der Waals surface area (Å²) < 4.78 is 5.10. The number of carbonyl (C=O) groups is 4. The molecule has 0 unspecified atom stereocenters. The molecule has 144 valence electrons. The van der Waals surface area contributed by atoms with Crippen molar-refractivity contribution in [3.05, 3.63) is 35.9 Å². The van der Waals surface area contributed by atoms with Crippen LogP contribution in [-0.4, -0.2) is 60.6 Å². The molecular formula is C18H21N3O5S. The summed E-state index contributed by atoms with van der Waals surface area (Å²) in [6.45, 7) is -0.675. The van der Waals surface area contributed by atoms with E-state index in [4.69, 9.17) is 4.74 Å². The second-order valence-electron chi connectivity index (χ2n) is 6.30. The highest BCUT2D eigenvalue weighted by atomic mass is 32.2. The van der Waals surface area contributed by atoms with Gasteiger partial charge in [0, 0.05) is 19.2 Å². The highest BCUT2D eigenvalue weighted by Gasteiger charge is 2.57. The van der Waals surface area contributed by atoms with E-state index in [2.05, 4.69) is 10.6 Å². The number of amides is 3. The van der Waals surface area contributed by atoms with Gasteiger partial charge in [-0.25, -0.2) is 4.79 Å². The fraction of sp³-hybridized carbons (Fsp3) is 0.444. The van der Waals surface area contributed by atoms with Crippen molar-refractivity contribution in [2.45, 2.75) is 23.8 Å². The molecule has 0 saturated carbocycles. The van der Waals surface area contributed by atoms with Gasteiger partial charge in [-0.05, 0) is 12.0 Å². The fourth-order valence-corrected chi connectivity index (χ4v) is 5.00. The van der Waals surface area contributed by atoms with Gasteiger partial charge < -0.3 is 20.3 Å². The highest BCUT2D eigenvalue weighted by molar-refractivity contribution is 8.00. The first-order valence-corrected chi connectivity index (χ1v) is 9.62. The minimum Gasteiger partial charge on any atom is -0.454 e. The number of ether oxygens (including phenoxy) is 1. The number of nitrogens with one attached hydrogen (secondary N) is 2. The third-order valence-electron chi connectivity index (χ3n) is 4.69. The van der Waals surface area contributed by atoms with Crippen LogP contribution in [0.15, 0.2) is 30.3 Å². The molecule has 2 aliphatic rings. The Kier molecular flexibility index (Phi) is 5.69. The lowest BCUT2D eigenvalue weighted by molar-refractivity contribution is -0.156. The van der Waals surface area contributed by atoms with Crippen molar-refractivity contribution in [1.82, 2.24) is 15.5 Å². The highest BCUT2D eigenvalue weighted by Crippen LogP contribution is 2.54. The minimum atomic E-state index is -0.725. The Hall–Kier alpha value is -2.55. The van der Waals surface area contributed by atoms with Gasteiger partial charge in [0.1, 0.15) is 10.9 Å². The zero-order valence-electron chi connectivity index (χ0n) is 14.9. The van der Waals surface area contributed by atoms with Crippen LogP contribution in [0.2, 0.25) is 0 Å². The number of likely N-dealkylation sites (N-methyl/N-ethyl adjacent to an activating group) is 1. The van der Waals surface area contributed by atoms with Crippen LogP contribution >= 0.6 is 11.8 Å². The second-order valence-corrected chi connectivity index (χ2v) is 7.60. The first kappa shape index (κ1) is 19.2. The predicted molar refractivity (Wildman–Crippen MR) is 98.5 cm³/mol. The quantitative estimate of drug-likeness (QED) is 0.661. The third-order valence-corrected chi connectivity index (χ3v) is 6.29. The van der Waals surface area contributed by atoms with Crippen molar-refractivity contribution in [2.75, 3.05) is 26.0 Å². The van der Waals surface area contributed by atoms with Gasteiger partial charge in [0.25, 0.3) is 5.91 Å². The van der Waals surface area contributed by atoms with E-state index in [1.54, 1.807) is 16.7 Å². The Morgan fingerprint density at radius 3 is 2.70 bits per heavy atom. The summed E-state index contributed by atoms with van der Waals surface area (Å²) in [5.74, 6) is -1.20. The molecule has 0 radical (unpaired) electrons. The minimum absolute atomic E-state index is 0.0881. The Morgan fingerprint density at radius 2 is 2.00 bits per heavy atom. The van der Waals surface area contributed by atoms with Crippen LogP contribution in [0.25, 0.3) is 0 Å². The Labute approximate surface area is 161 Å².